The van der Waals surface area contributed by atoms with E-state index >= 15 is 0 Å². The molecule has 0 amide bonds. The van der Waals surface area contributed by atoms with Gasteiger partial charge in [-0.1, -0.05) is 10.8 Å². The first-order chi connectivity index (χ1) is 4.43. The Morgan fingerprint density at radius 2 is 2.56 bits per heavy atom. The summed E-state index contributed by atoms with van der Waals surface area (Å²) >= 11 is 0. The van der Waals surface area contributed by atoms with Gasteiger partial charge in [-0.15, -0.1) is 0 Å². The second-order valence-electron chi connectivity index (χ2n) is 2.09. The maximum atomic E-state index is 8.57. The Morgan fingerprint density at radius 1 is 1.67 bits per heavy atom. The molecule has 0 aromatic rings. The molecule has 0 saturated carbocycles. The molecule has 1 atom stereocenters. The lowest BCUT2D eigenvalue weighted by Gasteiger charge is -2.19. The maximum absolute atomic E-state index is 8.57. The minimum absolute atomic E-state index is 0.331. The second-order valence-corrected chi connectivity index (χ2v) is 4.33. The van der Waals surface area contributed by atoms with Crippen molar-refractivity contribution in [1.82, 2.24) is 4.72 Å². The first kappa shape index (κ1) is 7.72. The second kappa shape index (κ2) is 4.44. The van der Waals surface area contributed by atoms with E-state index < -0.39 is 0 Å². The molecular weight excluding hydrogens is 154 g/mol. The highest BCUT2D eigenvalue weighted by atomic mass is 33.1. The van der Waals surface area contributed by atoms with Gasteiger partial charge >= 0.3 is 0 Å². The zero-order valence-electron chi connectivity index (χ0n) is 5.17. The first-order valence-corrected chi connectivity index (χ1v) is 5.37. The summed E-state index contributed by atoms with van der Waals surface area (Å²) in [6.07, 6.45) is 0.945. The Morgan fingerprint density at radius 3 is 3.11 bits per heavy atom. The van der Waals surface area contributed by atoms with Crippen LogP contribution >= 0.6 is 21.8 Å². The van der Waals surface area contributed by atoms with E-state index in [2.05, 4.69) is 4.72 Å². The number of aliphatic hydroxyl groups is 1. The topological polar surface area (TPSA) is 32.3 Å². The van der Waals surface area contributed by atoms with E-state index in [9.17, 15) is 0 Å². The fraction of sp³-hybridized carbons (Fsp3) is 1.00. The molecular formula is C5H11NOS2. The molecule has 1 unspecified atom stereocenters. The van der Waals surface area contributed by atoms with Crippen LogP contribution in [0.15, 0.2) is 0 Å². The van der Waals surface area contributed by atoms with E-state index in [0.717, 1.165) is 13.0 Å². The number of rotatable bonds is 2. The Kier molecular flexibility index (Phi) is 3.81. The molecule has 9 heavy (non-hydrogen) atoms. The van der Waals surface area contributed by atoms with Crippen molar-refractivity contribution in [2.75, 3.05) is 18.9 Å². The standard InChI is InChI=1S/C5H11NOS2/c7-2-1-5-3-6-9-8-4-5/h5-7H,1-4H2. The van der Waals surface area contributed by atoms with Crippen LogP contribution in [0.1, 0.15) is 6.42 Å². The van der Waals surface area contributed by atoms with Crippen LogP contribution in [0.5, 0.6) is 0 Å². The zero-order chi connectivity index (χ0) is 6.53. The average Bonchev–Trinajstić information content (AvgIpc) is 1.91. The quantitative estimate of drug-likeness (QED) is 0.470. The summed E-state index contributed by atoms with van der Waals surface area (Å²) in [5.41, 5.74) is 0. The van der Waals surface area contributed by atoms with E-state index in [0.29, 0.717) is 12.5 Å². The van der Waals surface area contributed by atoms with Gasteiger partial charge in [-0.2, -0.15) is 0 Å². The molecule has 0 aliphatic carbocycles. The largest absolute Gasteiger partial charge is 0.396 e. The Bertz CT molecular complexity index is 72.6. The minimum atomic E-state index is 0.331. The van der Waals surface area contributed by atoms with E-state index in [-0.39, 0.29) is 0 Å². The fourth-order valence-electron chi connectivity index (χ4n) is 0.751. The van der Waals surface area contributed by atoms with Crippen LogP contribution in [-0.2, 0) is 0 Å². The lowest BCUT2D eigenvalue weighted by Crippen LogP contribution is -2.23. The van der Waals surface area contributed by atoms with Crippen molar-refractivity contribution >= 4 is 21.8 Å². The summed E-state index contributed by atoms with van der Waals surface area (Å²) in [7, 11) is 3.55. The highest BCUT2D eigenvalue weighted by Gasteiger charge is 2.12. The predicted octanol–water partition coefficient (Wildman–Crippen LogP) is 0.885. The van der Waals surface area contributed by atoms with Gasteiger partial charge in [0.2, 0.25) is 0 Å². The summed E-state index contributed by atoms with van der Waals surface area (Å²) in [6.45, 7) is 1.38. The maximum Gasteiger partial charge on any atom is 0.0434 e. The smallest absolute Gasteiger partial charge is 0.0434 e. The molecule has 4 heteroatoms. The molecule has 0 aromatic heterocycles. The number of aliphatic hydroxyl groups excluding tert-OH is 1. The van der Waals surface area contributed by atoms with Gasteiger partial charge in [0.25, 0.3) is 0 Å². The molecule has 0 spiro atoms. The van der Waals surface area contributed by atoms with Crippen molar-refractivity contribution in [3.8, 4) is 0 Å². The Balaban J connectivity index is 2.08. The summed E-state index contributed by atoms with van der Waals surface area (Å²) in [5.74, 6) is 1.86. The van der Waals surface area contributed by atoms with Crippen LogP contribution in [0, 0.1) is 5.92 Å². The summed E-state index contributed by atoms with van der Waals surface area (Å²) in [6, 6.07) is 0. The van der Waals surface area contributed by atoms with Crippen molar-refractivity contribution in [1.29, 1.82) is 0 Å². The Labute approximate surface area is 63.3 Å². The average molecular weight is 165 g/mol. The molecule has 0 bridgehead atoms. The molecule has 1 fully saturated rings. The van der Waals surface area contributed by atoms with Crippen LogP contribution in [0.25, 0.3) is 0 Å². The van der Waals surface area contributed by atoms with Gasteiger partial charge in [-0.25, -0.2) is 0 Å². The number of nitrogens with one attached hydrogen (secondary N) is 1. The molecule has 0 radical (unpaired) electrons. The van der Waals surface area contributed by atoms with Crippen LogP contribution in [-0.4, -0.2) is 24.0 Å². The van der Waals surface area contributed by atoms with Crippen molar-refractivity contribution in [2.45, 2.75) is 6.42 Å². The first-order valence-electron chi connectivity index (χ1n) is 3.05. The SMILES string of the molecule is OCCC1CNSSC1. The molecule has 1 heterocycles. The highest BCUT2D eigenvalue weighted by molar-refractivity contribution is 8.76. The molecule has 1 aliphatic rings. The molecule has 1 aliphatic heterocycles. The fourth-order valence-corrected chi connectivity index (χ4v) is 2.92. The van der Waals surface area contributed by atoms with Crippen LogP contribution in [0.2, 0.25) is 0 Å². The minimum Gasteiger partial charge on any atom is -0.396 e. The van der Waals surface area contributed by atoms with Crippen molar-refractivity contribution in [3.63, 3.8) is 0 Å². The molecule has 2 nitrogen and oxygen atoms in total. The molecule has 0 aromatic carbocycles. The van der Waals surface area contributed by atoms with E-state index in [1.165, 1.54) is 5.75 Å². The van der Waals surface area contributed by atoms with Crippen molar-refractivity contribution in [2.24, 2.45) is 5.92 Å². The predicted molar refractivity (Wildman–Crippen MR) is 43.2 cm³/mol. The number of hydrogen-bond donors (Lipinski definition) is 2. The summed E-state index contributed by atoms with van der Waals surface area (Å²) < 4.78 is 3.19. The number of hydrogen-bond acceptors (Lipinski definition) is 4. The van der Waals surface area contributed by atoms with Gasteiger partial charge in [0.15, 0.2) is 0 Å². The van der Waals surface area contributed by atoms with E-state index in [1.54, 1.807) is 11.0 Å². The van der Waals surface area contributed by atoms with Crippen molar-refractivity contribution in [3.05, 3.63) is 0 Å². The third-order valence-electron chi connectivity index (χ3n) is 1.33. The molecule has 2 N–H and O–H groups in total. The van der Waals surface area contributed by atoms with Gasteiger partial charge in [-0.05, 0) is 23.3 Å². The Hall–Kier alpha value is 0.620. The van der Waals surface area contributed by atoms with Gasteiger partial charge in [0.1, 0.15) is 0 Å². The zero-order valence-corrected chi connectivity index (χ0v) is 6.80. The van der Waals surface area contributed by atoms with Gasteiger partial charge in [0, 0.05) is 18.9 Å². The lowest BCUT2D eigenvalue weighted by molar-refractivity contribution is 0.264. The van der Waals surface area contributed by atoms with Gasteiger partial charge < -0.3 is 5.11 Å². The molecule has 1 saturated heterocycles. The highest BCUT2D eigenvalue weighted by Crippen LogP contribution is 2.26. The van der Waals surface area contributed by atoms with Gasteiger partial charge in [-0.3, -0.25) is 4.72 Å². The molecule has 1 rings (SSSR count). The van der Waals surface area contributed by atoms with Crippen LogP contribution in [0.4, 0.5) is 0 Å². The lowest BCUT2D eigenvalue weighted by atomic mass is 10.1. The van der Waals surface area contributed by atoms with E-state index in [1.807, 2.05) is 10.8 Å². The summed E-state index contributed by atoms with van der Waals surface area (Å²) in [5, 5.41) is 8.57. The monoisotopic (exact) mass is 165 g/mol. The normalized spacial score (nSPS) is 28.3. The third kappa shape index (κ3) is 2.80. The summed E-state index contributed by atoms with van der Waals surface area (Å²) in [4.78, 5) is 0. The van der Waals surface area contributed by atoms with Crippen molar-refractivity contribution < 1.29 is 5.11 Å². The van der Waals surface area contributed by atoms with E-state index in [4.69, 9.17) is 5.11 Å². The van der Waals surface area contributed by atoms with Crippen LogP contribution < -0.4 is 4.72 Å². The van der Waals surface area contributed by atoms with Crippen LogP contribution in [0.3, 0.4) is 0 Å². The van der Waals surface area contributed by atoms with Gasteiger partial charge in [0.05, 0.1) is 0 Å². The molecule has 54 valence electrons. The third-order valence-corrected chi connectivity index (χ3v) is 3.46.